The van der Waals surface area contributed by atoms with Crippen LogP contribution in [0.2, 0.25) is 0 Å². The minimum absolute atomic E-state index is 0.118. The molecular formula is C28H26N6O3. The van der Waals surface area contributed by atoms with Gasteiger partial charge in [0, 0.05) is 35.5 Å². The van der Waals surface area contributed by atoms with Crippen LogP contribution in [0.4, 0.5) is 17.4 Å². The van der Waals surface area contributed by atoms with Gasteiger partial charge in [-0.1, -0.05) is 53.6 Å². The fourth-order valence-corrected chi connectivity index (χ4v) is 4.64. The molecule has 0 aliphatic carbocycles. The predicted octanol–water partition coefficient (Wildman–Crippen LogP) is 4.11. The second-order valence-corrected chi connectivity index (χ2v) is 8.94. The van der Waals surface area contributed by atoms with Gasteiger partial charge in [-0.3, -0.25) is 4.79 Å². The minimum atomic E-state index is -0.957. The summed E-state index contributed by atoms with van der Waals surface area (Å²) >= 11 is 0. The van der Waals surface area contributed by atoms with Crippen molar-refractivity contribution in [1.29, 1.82) is 0 Å². The molecule has 9 heteroatoms. The van der Waals surface area contributed by atoms with Crippen LogP contribution in [0.15, 0.2) is 82.2 Å². The number of nitrogens with one attached hydrogen (secondary N) is 2. The fraction of sp³-hybridized carbons (Fsp3) is 0.214. The van der Waals surface area contributed by atoms with Gasteiger partial charge in [0.2, 0.25) is 12.1 Å². The molecule has 4 aromatic rings. The van der Waals surface area contributed by atoms with E-state index in [-0.39, 0.29) is 11.9 Å². The molecule has 1 amide bonds. The molecule has 2 N–H and O–H groups in total. The molecule has 37 heavy (non-hydrogen) atoms. The Morgan fingerprint density at radius 3 is 2.54 bits per heavy atom. The Balaban J connectivity index is 1.27. The number of ether oxygens (including phenoxy) is 1. The molecule has 9 nitrogen and oxygen atoms in total. The molecule has 1 aromatic heterocycles. The molecule has 3 heterocycles. The lowest BCUT2D eigenvalue weighted by molar-refractivity contribution is -0.116. The first-order valence-electron chi connectivity index (χ1n) is 12.2. The molecule has 1 fully saturated rings. The highest BCUT2D eigenvalue weighted by Crippen LogP contribution is 2.29. The van der Waals surface area contributed by atoms with Gasteiger partial charge in [0.05, 0.1) is 24.6 Å². The Kier molecular flexibility index (Phi) is 6.11. The van der Waals surface area contributed by atoms with Crippen LogP contribution < -0.4 is 15.5 Å². The molecule has 0 unspecified atom stereocenters. The Morgan fingerprint density at radius 2 is 1.73 bits per heavy atom. The summed E-state index contributed by atoms with van der Waals surface area (Å²) in [5.74, 6) is 0.0487. The summed E-state index contributed by atoms with van der Waals surface area (Å²) in [7, 11) is 0. The van der Waals surface area contributed by atoms with Crippen molar-refractivity contribution in [3.05, 3.63) is 89.5 Å². The van der Waals surface area contributed by atoms with Crippen molar-refractivity contribution in [2.45, 2.75) is 13.1 Å². The summed E-state index contributed by atoms with van der Waals surface area (Å²) in [5.41, 5.74) is 6.23. The van der Waals surface area contributed by atoms with E-state index >= 15 is 0 Å². The second-order valence-electron chi connectivity index (χ2n) is 8.94. The van der Waals surface area contributed by atoms with Crippen molar-refractivity contribution in [3.8, 4) is 11.5 Å². The molecule has 0 spiro atoms. The molecular weight excluding hydrogens is 468 g/mol. The number of fused-ring (bicyclic) bond motifs is 1. The molecule has 6 rings (SSSR count). The first kappa shape index (κ1) is 22.9. The van der Waals surface area contributed by atoms with Crippen molar-refractivity contribution in [2.75, 3.05) is 41.8 Å². The SMILES string of the molecule is Cc1cc(-c2nnc(N[C@H]3N=C(c4ccccc4)c4ccccc4NC3=O)o2)ccc1N1CCOCC1. The van der Waals surface area contributed by atoms with Gasteiger partial charge in [-0.2, -0.15) is 0 Å². The number of morpholine rings is 1. The van der Waals surface area contributed by atoms with Crippen LogP contribution in [0.5, 0.6) is 0 Å². The van der Waals surface area contributed by atoms with Crippen molar-refractivity contribution >= 4 is 29.0 Å². The van der Waals surface area contributed by atoms with Crippen molar-refractivity contribution < 1.29 is 13.9 Å². The lowest BCUT2D eigenvalue weighted by Gasteiger charge is -2.30. The van der Waals surface area contributed by atoms with E-state index in [1.807, 2.05) is 66.7 Å². The Labute approximate surface area is 214 Å². The summed E-state index contributed by atoms with van der Waals surface area (Å²) in [6, 6.07) is 23.6. The highest BCUT2D eigenvalue weighted by Gasteiger charge is 2.27. The number of hydrogen-bond acceptors (Lipinski definition) is 8. The fourth-order valence-electron chi connectivity index (χ4n) is 4.64. The van der Waals surface area contributed by atoms with Crippen LogP contribution in [-0.4, -0.2) is 54.3 Å². The number of carbonyl (C=O) groups excluding carboxylic acids is 1. The van der Waals surface area contributed by atoms with E-state index in [1.165, 1.54) is 5.69 Å². The predicted molar refractivity (Wildman–Crippen MR) is 142 cm³/mol. The zero-order chi connectivity index (χ0) is 25.2. The summed E-state index contributed by atoms with van der Waals surface area (Å²) in [6.07, 6.45) is -0.957. The van der Waals surface area contributed by atoms with E-state index in [9.17, 15) is 4.79 Å². The zero-order valence-electron chi connectivity index (χ0n) is 20.3. The molecule has 2 aliphatic heterocycles. The van der Waals surface area contributed by atoms with Crippen molar-refractivity contribution in [1.82, 2.24) is 10.2 Å². The molecule has 2 aliphatic rings. The average molecular weight is 495 g/mol. The Bertz CT molecular complexity index is 1460. The first-order chi connectivity index (χ1) is 18.2. The summed E-state index contributed by atoms with van der Waals surface area (Å²) < 4.78 is 11.4. The quantitative estimate of drug-likeness (QED) is 0.430. The number of nitrogens with zero attached hydrogens (tertiary/aromatic N) is 4. The van der Waals surface area contributed by atoms with Crippen molar-refractivity contribution in [3.63, 3.8) is 0 Å². The number of aliphatic imine (C=N–C) groups is 1. The number of rotatable bonds is 5. The van der Waals surface area contributed by atoms with Gasteiger partial charge in [0.25, 0.3) is 5.91 Å². The van der Waals surface area contributed by atoms with Crippen LogP contribution in [0.3, 0.4) is 0 Å². The van der Waals surface area contributed by atoms with Crippen molar-refractivity contribution in [2.24, 2.45) is 4.99 Å². The third-order valence-corrected chi connectivity index (χ3v) is 6.47. The first-order valence-corrected chi connectivity index (χ1v) is 12.2. The number of anilines is 3. The Hall–Kier alpha value is -4.50. The van der Waals surface area contributed by atoms with Gasteiger partial charge in [0.15, 0.2) is 0 Å². The molecule has 0 saturated carbocycles. The van der Waals surface area contributed by atoms with E-state index in [4.69, 9.17) is 14.1 Å². The molecule has 3 aromatic carbocycles. The highest BCUT2D eigenvalue weighted by molar-refractivity contribution is 6.19. The largest absolute Gasteiger partial charge is 0.403 e. The van der Waals surface area contributed by atoms with E-state index in [0.29, 0.717) is 17.3 Å². The lowest BCUT2D eigenvalue weighted by atomic mass is 10.0. The van der Waals surface area contributed by atoms with Crippen LogP contribution >= 0.6 is 0 Å². The number of benzene rings is 3. The summed E-state index contributed by atoms with van der Waals surface area (Å²) in [5, 5.41) is 14.3. The maximum absolute atomic E-state index is 13.1. The number of amides is 1. The van der Waals surface area contributed by atoms with Gasteiger partial charge < -0.3 is 24.7 Å². The van der Waals surface area contributed by atoms with E-state index in [0.717, 1.165) is 48.6 Å². The third-order valence-electron chi connectivity index (χ3n) is 6.47. The third kappa shape index (κ3) is 4.68. The second kappa shape index (κ2) is 9.87. The lowest BCUT2D eigenvalue weighted by Crippen LogP contribution is -2.36. The van der Waals surface area contributed by atoms with Crippen LogP contribution in [0.1, 0.15) is 16.7 Å². The number of hydrogen-bond donors (Lipinski definition) is 2. The zero-order valence-corrected chi connectivity index (χ0v) is 20.3. The number of para-hydroxylation sites is 1. The summed E-state index contributed by atoms with van der Waals surface area (Å²) in [6.45, 7) is 5.26. The van der Waals surface area contributed by atoms with Gasteiger partial charge in [-0.15, -0.1) is 5.10 Å². The maximum atomic E-state index is 13.1. The monoisotopic (exact) mass is 494 g/mol. The van der Waals surface area contributed by atoms with E-state index in [1.54, 1.807) is 0 Å². The number of carbonyl (C=O) groups is 1. The standard InChI is InChI=1S/C28H26N6O3/c1-18-17-20(11-12-23(18)34-13-15-36-16-14-34)27-32-33-28(37-27)31-25-26(35)29-22-10-6-5-9-21(22)24(30-25)19-7-3-2-4-8-19/h2-12,17,25H,13-16H2,1H3,(H,29,35)(H,31,33)/t25-/m1/s1. The highest BCUT2D eigenvalue weighted by atomic mass is 16.5. The van der Waals surface area contributed by atoms with E-state index < -0.39 is 6.17 Å². The number of aryl methyl sites for hydroxylation is 1. The molecule has 186 valence electrons. The molecule has 0 radical (unpaired) electrons. The van der Waals surface area contributed by atoms with E-state index in [2.05, 4.69) is 38.7 Å². The topological polar surface area (TPSA) is 105 Å². The van der Waals surface area contributed by atoms with Crippen LogP contribution in [0, 0.1) is 6.92 Å². The number of benzodiazepines with no additional fused rings is 1. The molecule has 0 bridgehead atoms. The van der Waals surface area contributed by atoms with Crippen LogP contribution in [-0.2, 0) is 9.53 Å². The molecule has 1 saturated heterocycles. The minimum Gasteiger partial charge on any atom is -0.403 e. The molecule has 1 atom stereocenters. The van der Waals surface area contributed by atoms with Gasteiger partial charge >= 0.3 is 6.01 Å². The Morgan fingerprint density at radius 1 is 0.946 bits per heavy atom. The van der Waals surface area contributed by atoms with Gasteiger partial charge in [-0.05, 0) is 36.8 Å². The summed E-state index contributed by atoms with van der Waals surface area (Å²) in [4.78, 5) is 20.2. The van der Waals surface area contributed by atoms with Crippen LogP contribution in [0.25, 0.3) is 11.5 Å². The maximum Gasteiger partial charge on any atom is 0.317 e. The normalized spacial score (nSPS) is 17.4. The van der Waals surface area contributed by atoms with Gasteiger partial charge in [-0.25, -0.2) is 4.99 Å². The van der Waals surface area contributed by atoms with Gasteiger partial charge in [0.1, 0.15) is 0 Å². The number of aromatic nitrogens is 2. The average Bonchev–Trinajstić information content (AvgIpc) is 3.35. The smallest absolute Gasteiger partial charge is 0.317 e.